The van der Waals surface area contributed by atoms with E-state index in [9.17, 15) is 13.6 Å². The summed E-state index contributed by atoms with van der Waals surface area (Å²) in [5, 5.41) is 14.1. The quantitative estimate of drug-likeness (QED) is 0.761. The van der Waals surface area contributed by atoms with Crippen LogP contribution in [0.25, 0.3) is 0 Å². The van der Waals surface area contributed by atoms with Crippen LogP contribution in [0, 0.1) is 11.6 Å². The second-order valence-corrected chi connectivity index (χ2v) is 5.09. The first-order valence-electron chi connectivity index (χ1n) is 7.28. The normalized spacial score (nSPS) is 11.8. The molecule has 1 atom stereocenters. The lowest BCUT2D eigenvalue weighted by Crippen LogP contribution is -2.32. The summed E-state index contributed by atoms with van der Waals surface area (Å²) in [6, 6.07) is 11.2. The molecule has 0 radical (unpaired) electrons. The van der Waals surface area contributed by atoms with Crippen LogP contribution in [0.3, 0.4) is 0 Å². The number of aliphatic hydroxyl groups excluding tert-OH is 1. The highest BCUT2D eigenvalue weighted by Gasteiger charge is 2.14. The summed E-state index contributed by atoms with van der Waals surface area (Å²) in [4.78, 5) is 12.1. The lowest BCUT2D eigenvalue weighted by molar-refractivity contribution is 0.244. The molecule has 1 unspecified atom stereocenters. The van der Waals surface area contributed by atoms with E-state index < -0.39 is 17.7 Å². The molecule has 6 heteroatoms. The van der Waals surface area contributed by atoms with Crippen LogP contribution in [0.4, 0.5) is 19.3 Å². The maximum Gasteiger partial charge on any atom is 0.319 e. The third-order valence-corrected chi connectivity index (χ3v) is 3.28. The van der Waals surface area contributed by atoms with Crippen molar-refractivity contribution in [2.75, 3.05) is 11.9 Å². The molecule has 0 saturated carbocycles. The number of rotatable bonds is 6. The van der Waals surface area contributed by atoms with Crippen molar-refractivity contribution in [3.8, 4) is 0 Å². The van der Waals surface area contributed by atoms with Crippen LogP contribution in [-0.2, 0) is 0 Å². The van der Waals surface area contributed by atoms with E-state index in [1.165, 1.54) is 0 Å². The predicted octanol–water partition coefficient (Wildman–Crippen LogP) is 3.60. The molecule has 2 aromatic rings. The Kier molecular flexibility index (Phi) is 6.05. The minimum absolute atomic E-state index is 0.0156. The fourth-order valence-electron chi connectivity index (χ4n) is 2.25. The van der Waals surface area contributed by atoms with Crippen LogP contribution in [0.15, 0.2) is 48.5 Å². The van der Waals surface area contributed by atoms with E-state index in [0.29, 0.717) is 12.8 Å². The van der Waals surface area contributed by atoms with E-state index in [0.717, 1.165) is 23.8 Å². The molecule has 2 rings (SSSR count). The van der Waals surface area contributed by atoms with Gasteiger partial charge in [-0.3, -0.25) is 0 Å². The summed E-state index contributed by atoms with van der Waals surface area (Å²) in [7, 11) is 0. The number of hydrogen-bond donors (Lipinski definition) is 3. The van der Waals surface area contributed by atoms with Crippen molar-refractivity contribution in [3.63, 3.8) is 0 Å². The van der Waals surface area contributed by atoms with Gasteiger partial charge in [-0.1, -0.05) is 30.3 Å². The van der Waals surface area contributed by atoms with Crippen molar-refractivity contribution in [2.24, 2.45) is 0 Å². The molecule has 0 spiro atoms. The van der Waals surface area contributed by atoms with Gasteiger partial charge >= 0.3 is 6.03 Å². The van der Waals surface area contributed by atoms with Crippen molar-refractivity contribution in [1.29, 1.82) is 0 Å². The molecule has 2 aromatic carbocycles. The summed E-state index contributed by atoms with van der Waals surface area (Å²) in [5.74, 6) is -1.53. The fourth-order valence-corrected chi connectivity index (χ4v) is 2.25. The molecule has 0 bridgehead atoms. The van der Waals surface area contributed by atoms with Crippen molar-refractivity contribution in [1.82, 2.24) is 5.32 Å². The van der Waals surface area contributed by atoms with Crippen molar-refractivity contribution in [3.05, 3.63) is 65.7 Å². The van der Waals surface area contributed by atoms with Gasteiger partial charge in [-0.25, -0.2) is 13.6 Å². The van der Waals surface area contributed by atoms with Crippen LogP contribution in [0.1, 0.15) is 24.4 Å². The SMILES string of the molecule is O=C(Nc1cc(F)cc(F)c1)NC(CCCO)c1ccccc1. The molecule has 0 fully saturated rings. The minimum Gasteiger partial charge on any atom is -0.396 e. The van der Waals surface area contributed by atoms with E-state index >= 15 is 0 Å². The average molecular weight is 320 g/mol. The average Bonchev–Trinajstić information content (AvgIpc) is 2.51. The fraction of sp³-hybridized carbons (Fsp3) is 0.235. The second-order valence-electron chi connectivity index (χ2n) is 5.09. The molecular weight excluding hydrogens is 302 g/mol. The molecule has 0 saturated heterocycles. The number of benzene rings is 2. The van der Waals surface area contributed by atoms with Gasteiger partial charge in [0.2, 0.25) is 0 Å². The number of anilines is 1. The van der Waals surface area contributed by atoms with E-state index in [-0.39, 0.29) is 18.3 Å². The summed E-state index contributed by atoms with van der Waals surface area (Å²) < 4.78 is 26.3. The number of nitrogens with one attached hydrogen (secondary N) is 2. The molecule has 3 N–H and O–H groups in total. The minimum atomic E-state index is -0.764. The van der Waals surface area contributed by atoms with Gasteiger partial charge in [0.1, 0.15) is 11.6 Å². The Morgan fingerprint density at radius 1 is 1.09 bits per heavy atom. The molecule has 23 heavy (non-hydrogen) atoms. The topological polar surface area (TPSA) is 61.4 Å². The standard InChI is InChI=1S/C17H18F2N2O2/c18-13-9-14(19)11-15(10-13)20-17(23)21-16(7-4-8-22)12-5-2-1-3-6-12/h1-3,5-6,9-11,16,22H,4,7-8H2,(H2,20,21,23). The first kappa shape index (κ1) is 16.9. The number of carbonyl (C=O) groups excluding carboxylic acids is 1. The van der Waals surface area contributed by atoms with Crippen LogP contribution >= 0.6 is 0 Å². The van der Waals surface area contributed by atoms with Crippen LogP contribution in [0.2, 0.25) is 0 Å². The maximum absolute atomic E-state index is 13.1. The molecule has 0 aromatic heterocycles. The molecule has 4 nitrogen and oxygen atoms in total. The third kappa shape index (κ3) is 5.34. The first-order valence-corrected chi connectivity index (χ1v) is 7.28. The number of hydrogen-bond acceptors (Lipinski definition) is 2. The van der Waals surface area contributed by atoms with Crippen molar-refractivity contribution < 1.29 is 18.7 Å². The molecule has 0 aliphatic heterocycles. The largest absolute Gasteiger partial charge is 0.396 e. The van der Waals surface area contributed by atoms with Gasteiger partial charge < -0.3 is 15.7 Å². The third-order valence-electron chi connectivity index (χ3n) is 3.28. The van der Waals surface area contributed by atoms with E-state index in [4.69, 9.17) is 5.11 Å². The zero-order chi connectivity index (χ0) is 16.7. The monoisotopic (exact) mass is 320 g/mol. The van der Waals surface area contributed by atoms with Gasteiger partial charge in [0.05, 0.1) is 6.04 Å². The lowest BCUT2D eigenvalue weighted by Gasteiger charge is -2.19. The molecule has 0 aliphatic carbocycles. The second kappa shape index (κ2) is 8.24. The van der Waals surface area contributed by atoms with Gasteiger partial charge in [0.25, 0.3) is 0 Å². The van der Waals surface area contributed by atoms with Crippen molar-refractivity contribution >= 4 is 11.7 Å². The van der Waals surface area contributed by atoms with Gasteiger partial charge in [-0.2, -0.15) is 0 Å². The molecule has 0 heterocycles. The van der Waals surface area contributed by atoms with Crippen LogP contribution in [-0.4, -0.2) is 17.7 Å². The van der Waals surface area contributed by atoms with Gasteiger partial charge in [0, 0.05) is 18.4 Å². The summed E-state index contributed by atoms with van der Waals surface area (Å²) in [5.41, 5.74) is 0.926. The summed E-state index contributed by atoms with van der Waals surface area (Å²) >= 11 is 0. The highest BCUT2D eigenvalue weighted by molar-refractivity contribution is 5.89. The van der Waals surface area contributed by atoms with Crippen LogP contribution in [0.5, 0.6) is 0 Å². The molecular formula is C17H18F2N2O2. The van der Waals surface area contributed by atoms with E-state index in [1.54, 1.807) is 0 Å². The Bertz CT molecular complexity index is 630. The lowest BCUT2D eigenvalue weighted by atomic mass is 10.0. The summed E-state index contributed by atoms with van der Waals surface area (Å²) in [6.07, 6.45) is 1.07. The van der Waals surface area contributed by atoms with Gasteiger partial charge in [-0.15, -0.1) is 0 Å². The first-order chi connectivity index (χ1) is 11.1. The Morgan fingerprint density at radius 3 is 2.35 bits per heavy atom. The zero-order valence-electron chi connectivity index (χ0n) is 12.4. The molecule has 122 valence electrons. The summed E-state index contributed by atoms with van der Waals surface area (Å²) in [6.45, 7) is 0.0156. The molecule has 2 amide bonds. The number of halogens is 2. The molecule has 0 aliphatic rings. The number of carbonyl (C=O) groups is 1. The van der Waals surface area contributed by atoms with Gasteiger partial charge in [0.15, 0.2) is 0 Å². The predicted molar refractivity (Wildman–Crippen MR) is 84.0 cm³/mol. The number of aliphatic hydroxyl groups is 1. The van der Waals surface area contributed by atoms with E-state index in [1.807, 2.05) is 30.3 Å². The Morgan fingerprint density at radius 2 is 1.74 bits per heavy atom. The highest BCUT2D eigenvalue weighted by atomic mass is 19.1. The van der Waals surface area contributed by atoms with E-state index in [2.05, 4.69) is 10.6 Å². The van der Waals surface area contributed by atoms with Gasteiger partial charge in [-0.05, 0) is 30.5 Å². The maximum atomic E-state index is 13.1. The highest BCUT2D eigenvalue weighted by Crippen LogP contribution is 2.19. The zero-order valence-corrected chi connectivity index (χ0v) is 12.4. The number of urea groups is 1. The van der Waals surface area contributed by atoms with Crippen molar-refractivity contribution in [2.45, 2.75) is 18.9 Å². The number of amides is 2. The Labute approximate surface area is 133 Å². The van der Waals surface area contributed by atoms with Crippen LogP contribution < -0.4 is 10.6 Å². The smallest absolute Gasteiger partial charge is 0.319 e. The Balaban J connectivity index is 2.05. The Hall–Kier alpha value is -2.47.